The number of carbonyl (C=O) groups is 3. The van der Waals surface area contributed by atoms with Gasteiger partial charge in [0.2, 0.25) is 0 Å². The monoisotopic (exact) mass is 482 g/mol. The first-order valence-electron chi connectivity index (χ1n) is 8.18. The summed E-state index contributed by atoms with van der Waals surface area (Å²) in [5, 5.41) is 11.3. The number of halogens is 3. The van der Waals surface area contributed by atoms with Gasteiger partial charge in [0.25, 0.3) is 5.91 Å². The van der Waals surface area contributed by atoms with Crippen LogP contribution in [0.1, 0.15) is 11.1 Å². The predicted octanol–water partition coefficient (Wildman–Crippen LogP) is 3.80. The Labute approximate surface area is 177 Å². The van der Waals surface area contributed by atoms with Crippen LogP contribution >= 0.6 is 27.5 Å². The lowest BCUT2D eigenvalue weighted by molar-refractivity contribution is -0.139. The van der Waals surface area contributed by atoms with E-state index in [1.54, 1.807) is 12.1 Å². The molecular weight excluding hydrogens is 471 g/mol. The number of urea groups is 1. The standard InChI is InChI=1S/C19H13BrClFN2O5/c20-12-5-10(6-13(21)17(12)29-9-16(25)26)7-15-18(27)24(19(28)23-15)8-11-3-1-2-4-14(11)22/h1-7H,8-9H2,(H,23,28)(H,25,26)/b15-7+. The molecule has 0 radical (unpaired) electrons. The fraction of sp³-hybridized carbons (Fsp3) is 0.105. The predicted molar refractivity (Wildman–Crippen MR) is 106 cm³/mol. The van der Waals surface area contributed by atoms with E-state index in [0.29, 0.717) is 10.0 Å². The first kappa shape index (κ1) is 20.8. The van der Waals surface area contributed by atoms with Crippen molar-refractivity contribution in [1.82, 2.24) is 10.2 Å². The van der Waals surface area contributed by atoms with E-state index in [1.165, 1.54) is 30.3 Å². The van der Waals surface area contributed by atoms with Crippen LogP contribution in [0.3, 0.4) is 0 Å². The number of nitrogens with zero attached hydrogens (tertiary/aromatic N) is 1. The fourth-order valence-electron chi connectivity index (χ4n) is 2.61. The van der Waals surface area contributed by atoms with Crippen LogP contribution in [0.5, 0.6) is 5.75 Å². The second-order valence-electron chi connectivity index (χ2n) is 5.97. The highest BCUT2D eigenvalue weighted by molar-refractivity contribution is 9.10. The van der Waals surface area contributed by atoms with E-state index in [0.717, 1.165) is 4.90 Å². The van der Waals surface area contributed by atoms with Gasteiger partial charge in [-0.1, -0.05) is 29.8 Å². The van der Waals surface area contributed by atoms with Crippen molar-refractivity contribution in [2.24, 2.45) is 0 Å². The Balaban J connectivity index is 1.82. The van der Waals surface area contributed by atoms with Crippen LogP contribution in [0.15, 0.2) is 46.6 Å². The highest BCUT2D eigenvalue weighted by atomic mass is 79.9. The third kappa shape index (κ3) is 4.75. The number of amides is 3. The highest BCUT2D eigenvalue weighted by Crippen LogP contribution is 2.35. The Hall–Kier alpha value is -2.91. The summed E-state index contributed by atoms with van der Waals surface area (Å²) in [6.07, 6.45) is 1.40. The number of carboxylic acid groups (broad SMARTS) is 1. The topological polar surface area (TPSA) is 95.9 Å². The number of nitrogens with one attached hydrogen (secondary N) is 1. The van der Waals surface area contributed by atoms with E-state index in [1.807, 2.05) is 0 Å². The zero-order chi connectivity index (χ0) is 21.1. The molecule has 2 aromatic rings. The Morgan fingerprint density at radius 3 is 2.69 bits per heavy atom. The van der Waals surface area contributed by atoms with Crippen LogP contribution in [0.2, 0.25) is 5.02 Å². The number of hydrogen-bond acceptors (Lipinski definition) is 4. The van der Waals surface area contributed by atoms with Crippen molar-refractivity contribution in [2.75, 3.05) is 6.61 Å². The summed E-state index contributed by atoms with van der Waals surface area (Å²) >= 11 is 9.35. The van der Waals surface area contributed by atoms with Crippen LogP contribution in [-0.2, 0) is 16.1 Å². The van der Waals surface area contributed by atoms with Gasteiger partial charge in [0, 0.05) is 5.56 Å². The SMILES string of the molecule is O=C(O)COc1c(Cl)cc(/C=C2/NC(=O)N(Cc3ccccc3F)C2=O)cc1Br. The summed E-state index contributed by atoms with van der Waals surface area (Å²) < 4.78 is 19.3. The summed E-state index contributed by atoms with van der Waals surface area (Å²) in [6.45, 7) is -0.778. The second kappa shape index (κ2) is 8.62. The van der Waals surface area contributed by atoms with Gasteiger partial charge in [0.1, 0.15) is 11.5 Å². The zero-order valence-corrected chi connectivity index (χ0v) is 17.0. The average Bonchev–Trinajstić information content (AvgIpc) is 2.90. The molecule has 1 saturated heterocycles. The summed E-state index contributed by atoms with van der Waals surface area (Å²) in [7, 11) is 0. The smallest absolute Gasteiger partial charge is 0.341 e. The normalized spacial score (nSPS) is 15.0. The number of hydrogen-bond donors (Lipinski definition) is 2. The molecule has 3 rings (SSSR count). The summed E-state index contributed by atoms with van der Waals surface area (Å²) in [4.78, 5) is 36.3. The molecule has 2 N–H and O–H groups in total. The van der Waals surface area contributed by atoms with Crippen LogP contribution in [-0.4, -0.2) is 34.5 Å². The molecule has 1 fully saturated rings. The molecule has 1 aliphatic rings. The second-order valence-corrected chi connectivity index (χ2v) is 7.23. The van der Waals surface area contributed by atoms with E-state index in [2.05, 4.69) is 21.2 Å². The van der Waals surface area contributed by atoms with Crippen molar-refractivity contribution in [3.8, 4) is 5.75 Å². The third-order valence-corrected chi connectivity index (χ3v) is 4.79. The maximum Gasteiger partial charge on any atom is 0.341 e. The molecule has 29 heavy (non-hydrogen) atoms. The third-order valence-electron chi connectivity index (χ3n) is 3.92. The molecule has 1 aliphatic heterocycles. The summed E-state index contributed by atoms with van der Waals surface area (Å²) in [6, 6.07) is 8.20. The van der Waals surface area contributed by atoms with Crippen molar-refractivity contribution >= 4 is 51.5 Å². The number of imide groups is 1. The lowest BCUT2D eigenvalue weighted by Crippen LogP contribution is -2.30. The largest absolute Gasteiger partial charge is 0.479 e. The van der Waals surface area contributed by atoms with E-state index in [-0.39, 0.29) is 28.6 Å². The van der Waals surface area contributed by atoms with E-state index in [9.17, 15) is 18.8 Å². The van der Waals surface area contributed by atoms with Crippen LogP contribution < -0.4 is 10.1 Å². The quantitative estimate of drug-likeness (QED) is 0.481. The first-order valence-corrected chi connectivity index (χ1v) is 9.35. The number of carboxylic acids is 1. The van der Waals surface area contributed by atoms with E-state index < -0.39 is 30.3 Å². The van der Waals surface area contributed by atoms with Crippen LogP contribution in [0.25, 0.3) is 6.08 Å². The van der Waals surface area contributed by atoms with Gasteiger partial charge in [0.05, 0.1) is 16.0 Å². The maximum absolute atomic E-state index is 13.8. The fourth-order valence-corrected chi connectivity index (χ4v) is 3.60. The average molecular weight is 484 g/mol. The van der Waals surface area contributed by atoms with Gasteiger partial charge in [-0.05, 0) is 45.8 Å². The lowest BCUT2D eigenvalue weighted by Gasteiger charge is -2.12. The van der Waals surface area contributed by atoms with Crippen molar-refractivity contribution in [1.29, 1.82) is 0 Å². The first-order chi connectivity index (χ1) is 13.8. The molecule has 2 aromatic carbocycles. The molecule has 1 heterocycles. The minimum Gasteiger partial charge on any atom is -0.479 e. The highest BCUT2D eigenvalue weighted by Gasteiger charge is 2.34. The minimum absolute atomic E-state index is 0.00601. The van der Waals surface area contributed by atoms with E-state index >= 15 is 0 Å². The molecule has 150 valence electrons. The van der Waals surface area contributed by atoms with Gasteiger partial charge >= 0.3 is 12.0 Å². The number of carbonyl (C=O) groups excluding carboxylic acids is 2. The van der Waals surface area contributed by atoms with E-state index in [4.69, 9.17) is 21.4 Å². The lowest BCUT2D eigenvalue weighted by atomic mass is 10.1. The van der Waals surface area contributed by atoms with Gasteiger partial charge < -0.3 is 15.2 Å². The van der Waals surface area contributed by atoms with Gasteiger partial charge in [-0.3, -0.25) is 9.69 Å². The van der Waals surface area contributed by atoms with Crippen molar-refractivity contribution in [3.63, 3.8) is 0 Å². The molecule has 0 spiro atoms. The Morgan fingerprint density at radius 2 is 2.03 bits per heavy atom. The Bertz CT molecular complexity index is 1020. The number of benzene rings is 2. The molecule has 0 bridgehead atoms. The van der Waals surface area contributed by atoms with Gasteiger partial charge in [-0.2, -0.15) is 0 Å². The minimum atomic E-state index is -1.16. The van der Waals surface area contributed by atoms with Crippen molar-refractivity contribution in [2.45, 2.75) is 6.54 Å². The molecule has 0 unspecified atom stereocenters. The molecule has 0 aliphatic carbocycles. The molecule has 0 atom stereocenters. The van der Waals surface area contributed by atoms with Gasteiger partial charge in [-0.15, -0.1) is 0 Å². The molecule has 3 amide bonds. The van der Waals surface area contributed by atoms with Crippen molar-refractivity contribution < 1.29 is 28.6 Å². The molecule has 7 nitrogen and oxygen atoms in total. The Kier molecular flexibility index (Phi) is 6.19. The van der Waals surface area contributed by atoms with Gasteiger partial charge in [-0.25, -0.2) is 14.0 Å². The molecule has 10 heteroatoms. The molecule has 0 saturated carbocycles. The number of aliphatic carboxylic acids is 1. The van der Waals surface area contributed by atoms with Crippen LogP contribution in [0.4, 0.5) is 9.18 Å². The summed E-state index contributed by atoms with van der Waals surface area (Å²) in [5.74, 6) is -2.15. The maximum atomic E-state index is 13.8. The number of rotatable bonds is 6. The van der Waals surface area contributed by atoms with Crippen LogP contribution in [0, 0.1) is 5.82 Å². The Morgan fingerprint density at radius 1 is 1.31 bits per heavy atom. The molecular formula is C19H13BrClFN2O5. The van der Waals surface area contributed by atoms with Crippen molar-refractivity contribution in [3.05, 3.63) is 68.5 Å². The number of ether oxygens (including phenoxy) is 1. The zero-order valence-electron chi connectivity index (χ0n) is 14.6. The molecule has 0 aromatic heterocycles. The van der Waals surface area contributed by atoms with Gasteiger partial charge in [0.15, 0.2) is 12.4 Å². The summed E-state index contributed by atoms with van der Waals surface area (Å²) in [5.41, 5.74) is 0.664.